The Morgan fingerprint density at radius 3 is 2.66 bits per heavy atom. The van der Waals surface area contributed by atoms with Crippen molar-refractivity contribution in [3.05, 3.63) is 55.3 Å². The number of fused-ring (bicyclic) bond motifs is 1. The van der Waals surface area contributed by atoms with Gasteiger partial charge in [0.2, 0.25) is 0 Å². The summed E-state index contributed by atoms with van der Waals surface area (Å²) in [6.07, 6.45) is 7.52. The van der Waals surface area contributed by atoms with Crippen molar-refractivity contribution >= 4 is 40.4 Å². The fourth-order valence-electron chi connectivity index (χ4n) is 2.88. The second-order valence-corrected chi connectivity index (χ2v) is 7.33. The van der Waals surface area contributed by atoms with Crippen LogP contribution in [-0.2, 0) is 9.59 Å². The number of hydrogen-bond donors (Lipinski definition) is 3. The average Bonchev–Trinajstić information content (AvgIpc) is 3.31. The molecule has 1 aliphatic heterocycles. The summed E-state index contributed by atoms with van der Waals surface area (Å²) in [7, 11) is 0. The number of para-hydroxylation sites is 1. The highest BCUT2D eigenvalue weighted by Crippen LogP contribution is 2.27. The molecule has 1 aromatic carbocycles. The number of hydrogen-bond acceptors (Lipinski definition) is 4. The molecule has 0 radical (unpaired) electrons. The van der Waals surface area contributed by atoms with E-state index in [0.29, 0.717) is 12.2 Å². The highest BCUT2D eigenvalue weighted by atomic mass is 32.2. The minimum Gasteiger partial charge on any atom is -0.478 e. The summed E-state index contributed by atoms with van der Waals surface area (Å²) in [4.78, 5) is 30.8. The van der Waals surface area contributed by atoms with Gasteiger partial charge in [-0.3, -0.25) is 4.99 Å². The first-order valence-corrected chi connectivity index (χ1v) is 10.2. The van der Waals surface area contributed by atoms with Crippen molar-refractivity contribution in [1.82, 2.24) is 9.88 Å². The Kier molecular flexibility index (Phi) is 9.04. The van der Waals surface area contributed by atoms with Gasteiger partial charge in [0.25, 0.3) is 0 Å². The highest BCUT2D eigenvalue weighted by molar-refractivity contribution is 7.99. The molecule has 0 saturated carbocycles. The third kappa shape index (κ3) is 7.50. The van der Waals surface area contributed by atoms with Crippen molar-refractivity contribution < 1.29 is 19.8 Å². The molecule has 8 heteroatoms. The minimum absolute atomic E-state index is 0.558. The van der Waals surface area contributed by atoms with Crippen LogP contribution < -0.4 is 0 Å². The summed E-state index contributed by atoms with van der Waals surface area (Å²) in [6, 6.07) is 8.44. The van der Waals surface area contributed by atoms with E-state index in [4.69, 9.17) is 15.2 Å². The van der Waals surface area contributed by atoms with Gasteiger partial charge in [-0.15, -0.1) is 18.3 Å². The third-order valence-electron chi connectivity index (χ3n) is 4.11. The molecule has 3 rings (SSSR count). The molecule has 1 fully saturated rings. The molecule has 1 aromatic heterocycles. The van der Waals surface area contributed by atoms with E-state index in [2.05, 4.69) is 46.9 Å². The molecule has 0 bridgehead atoms. The molecule has 0 spiro atoms. The number of likely N-dealkylation sites (tertiary alicyclic amines) is 1. The average molecular weight is 416 g/mol. The van der Waals surface area contributed by atoms with Gasteiger partial charge in [0, 0.05) is 59.4 Å². The minimum atomic E-state index is -1.26. The van der Waals surface area contributed by atoms with E-state index < -0.39 is 11.9 Å². The third-order valence-corrected chi connectivity index (χ3v) is 5.14. The summed E-state index contributed by atoms with van der Waals surface area (Å²) in [5.74, 6) is -0.234. The summed E-state index contributed by atoms with van der Waals surface area (Å²) in [5, 5.41) is 16.9. The Morgan fingerprint density at radius 2 is 1.97 bits per heavy atom. The molecule has 3 N–H and O–H groups in total. The molecule has 154 valence electrons. The molecule has 7 nitrogen and oxygen atoms in total. The van der Waals surface area contributed by atoms with Crippen LogP contribution in [0.15, 0.2) is 65.2 Å². The van der Waals surface area contributed by atoms with Crippen LogP contribution in [0.4, 0.5) is 0 Å². The summed E-state index contributed by atoms with van der Waals surface area (Å²) in [6.45, 7) is 6.75. The number of nitrogens with one attached hydrogen (secondary N) is 1. The van der Waals surface area contributed by atoms with E-state index in [-0.39, 0.29) is 0 Å². The monoisotopic (exact) mass is 415 g/mol. The molecule has 0 amide bonds. The van der Waals surface area contributed by atoms with Gasteiger partial charge in [0.15, 0.2) is 0 Å². The maximum absolute atomic E-state index is 9.55. The highest BCUT2D eigenvalue weighted by Gasteiger charge is 2.16. The number of thioether (sulfide) groups is 1. The van der Waals surface area contributed by atoms with Gasteiger partial charge in [-0.05, 0) is 12.5 Å². The van der Waals surface area contributed by atoms with Crippen LogP contribution in [0.25, 0.3) is 10.9 Å². The fourth-order valence-corrected chi connectivity index (χ4v) is 3.76. The van der Waals surface area contributed by atoms with Gasteiger partial charge >= 0.3 is 11.9 Å². The van der Waals surface area contributed by atoms with Crippen molar-refractivity contribution in [3.8, 4) is 0 Å². The molecule has 0 aliphatic carbocycles. The second-order valence-electron chi connectivity index (χ2n) is 6.19. The van der Waals surface area contributed by atoms with E-state index in [1.165, 1.54) is 28.1 Å². The van der Waals surface area contributed by atoms with Gasteiger partial charge < -0.3 is 20.1 Å². The van der Waals surface area contributed by atoms with Crippen LogP contribution in [0.3, 0.4) is 0 Å². The number of benzene rings is 1. The SMILES string of the molecule is C=CCN1CCCC1=NCCSc1c[nH]c2ccccc12.O=C(O)/C=C/C(=O)O. The van der Waals surface area contributed by atoms with E-state index in [1.54, 1.807) is 0 Å². The van der Waals surface area contributed by atoms with Crippen molar-refractivity contribution in [2.75, 3.05) is 25.4 Å². The lowest BCUT2D eigenvalue weighted by atomic mass is 10.2. The maximum Gasteiger partial charge on any atom is 0.328 e. The molecule has 1 aliphatic rings. The topological polar surface area (TPSA) is 106 Å². The smallest absolute Gasteiger partial charge is 0.328 e. The van der Waals surface area contributed by atoms with Crippen molar-refractivity contribution in [2.24, 2.45) is 4.99 Å². The standard InChI is InChI=1S/C17H21N3S.C4H4O4/c1-2-10-20-11-5-8-17(20)18-9-12-21-16-13-19-15-7-4-3-6-14(15)16;5-3(6)1-2-4(7)8/h2-4,6-7,13,19H,1,5,8-12H2;1-2H,(H,5,6)(H,7,8)/b;2-1+. The lowest BCUT2D eigenvalue weighted by molar-refractivity contribution is -0.134. The zero-order valence-corrected chi connectivity index (χ0v) is 16.9. The van der Waals surface area contributed by atoms with E-state index in [1.807, 2.05) is 17.8 Å². The molecule has 2 aromatic rings. The van der Waals surface area contributed by atoms with Crippen LogP contribution in [0, 0.1) is 0 Å². The predicted molar refractivity (Wildman–Crippen MR) is 117 cm³/mol. The number of carboxylic acids is 2. The number of rotatable bonds is 8. The Bertz CT molecular complexity index is 888. The molecule has 2 heterocycles. The van der Waals surface area contributed by atoms with Crippen LogP contribution in [-0.4, -0.2) is 63.3 Å². The van der Waals surface area contributed by atoms with E-state index >= 15 is 0 Å². The Labute approximate surface area is 173 Å². The quantitative estimate of drug-likeness (QED) is 0.263. The number of aromatic amines is 1. The normalized spacial score (nSPS) is 14.9. The number of amidine groups is 1. The number of aromatic nitrogens is 1. The first-order valence-electron chi connectivity index (χ1n) is 9.23. The lowest BCUT2D eigenvalue weighted by Crippen LogP contribution is -2.25. The zero-order valence-electron chi connectivity index (χ0n) is 16.1. The zero-order chi connectivity index (χ0) is 21.1. The summed E-state index contributed by atoms with van der Waals surface area (Å²) < 4.78 is 0. The Hall–Kier alpha value is -3.00. The molecule has 0 atom stereocenters. The van der Waals surface area contributed by atoms with Gasteiger partial charge in [-0.2, -0.15) is 0 Å². The summed E-state index contributed by atoms with van der Waals surface area (Å²) >= 11 is 1.88. The number of carboxylic acid groups (broad SMARTS) is 2. The fraction of sp³-hybridized carbons (Fsp3) is 0.286. The largest absolute Gasteiger partial charge is 0.478 e. The summed E-state index contributed by atoms with van der Waals surface area (Å²) in [5.41, 5.74) is 1.21. The van der Waals surface area contributed by atoms with E-state index in [9.17, 15) is 9.59 Å². The molecule has 29 heavy (non-hydrogen) atoms. The molecular weight excluding hydrogens is 390 g/mol. The number of carbonyl (C=O) groups is 2. The van der Waals surface area contributed by atoms with Crippen LogP contribution in [0.5, 0.6) is 0 Å². The van der Waals surface area contributed by atoms with Crippen molar-refractivity contribution in [1.29, 1.82) is 0 Å². The number of nitrogens with zero attached hydrogens (tertiary/aromatic N) is 2. The number of aliphatic carboxylic acids is 2. The first-order chi connectivity index (χ1) is 14.0. The first kappa shape index (κ1) is 22.3. The second kappa shape index (κ2) is 11.8. The number of H-pyrrole nitrogens is 1. The van der Waals surface area contributed by atoms with Crippen molar-refractivity contribution in [2.45, 2.75) is 17.7 Å². The lowest BCUT2D eigenvalue weighted by Gasteiger charge is -2.16. The predicted octanol–water partition coefficient (Wildman–Crippen LogP) is 3.65. The Morgan fingerprint density at radius 1 is 1.24 bits per heavy atom. The number of aliphatic imine (C=N–C) groups is 1. The van der Waals surface area contributed by atoms with Gasteiger partial charge in [0.05, 0.1) is 12.4 Å². The van der Waals surface area contributed by atoms with Crippen LogP contribution in [0.2, 0.25) is 0 Å². The van der Waals surface area contributed by atoms with Crippen LogP contribution in [0.1, 0.15) is 12.8 Å². The molecule has 0 unspecified atom stereocenters. The van der Waals surface area contributed by atoms with Crippen molar-refractivity contribution in [3.63, 3.8) is 0 Å². The molecular formula is C21H25N3O4S. The van der Waals surface area contributed by atoms with Crippen LogP contribution >= 0.6 is 11.8 Å². The van der Waals surface area contributed by atoms with Gasteiger partial charge in [0.1, 0.15) is 0 Å². The van der Waals surface area contributed by atoms with Gasteiger partial charge in [-0.1, -0.05) is 24.3 Å². The maximum atomic E-state index is 9.55. The molecule has 1 saturated heterocycles. The Balaban J connectivity index is 0.000000321. The van der Waals surface area contributed by atoms with Gasteiger partial charge in [-0.25, -0.2) is 9.59 Å². The van der Waals surface area contributed by atoms with E-state index in [0.717, 1.165) is 31.8 Å².